The monoisotopic (exact) mass is 452 g/mol. The third kappa shape index (κ3) is 6.23. The normalized spacial score (nSPS) is 27.2. The molecule has 5 nitrogen and oxygen atoms in total. The van der Waals surface area contributed by atoms with Gasteiger partial charge in [-0.25, -0.2) is 4.18 Å². The molecule has 2 aliphatic carbocycles. The Morgan fingerprint density at radius 3 is 2.68 bits per heavy atom. The average Bonchev–Trinajstić information content (AvgIpc) is 3.19. The fourth-order valence-corrected chi connectivity index (χ4v) is 6.30. The van der Waals surface area contributed by atoms with Crippen molar-refractivity contribution in [3.05, 3.63) is 35.3 Å². The average molecular weight is 453 g/mol. The zero-order valence-corrected chi connectivity index (χ0v) is 20.5. The molecule has 0 amide bonds. The van der Waals surface area contributed by atoms with E-state index in [1.54, 1.807) is 23.7 Å². The molecule has 1 aromatic rings. The Balaban J connectivity index is 1.70. The summed E-state index contributed by atoms with van der Waals surface area (Å²) in [5, 5.41) is 0. The van der Waals surface area contributed by atoms with Crippen LogP contribution in [0.2, 0.25) is 0 Å². The molecule has 0 aromatic carbocycles. The maximum Gasteiger partial charge on any atom is 0.397 e. The highest BCUT2D eigenvalue weighted by Crippen LogP contribution is 2.56. The van der Waals surface area contributed by atoms with Crippen molar-refractivity contribution in [2.75, 3.05) is 6.61 Å². The Hall–Kier alpha value is -1.11. The zero-order valence-electron chi connectivity index (χ0n) is 19.7. The summed E-state index contributed by atoms with van der Waals surface area (Å²) in [7, 11) is -4.42. The highest BCUT2D eigenvalue weighted by atomic mass is 32.3. The molecule has 0 saturated heterocycles. The van der Waals surface area contributed by atoms with E-state index >= 15 is 0 Å². The number of allylic oxidation sites excluding steroid dienone is 2. The molecule has 3 atom stereocenters. The number of hydrogen-bond acceptors (Lipinski definition) is 4. The first kappa shape index (κ1) is 24.5. The van der Waals surface area contributed by atoms with Gasteiger partial charge in [-0.2, -0.15) is 8.42 Å². The van der Waals surface area contributed by atoms with Crippen LogP contribution in [0.25, 0.3) is 0 Å². The zero-order chi connectivity index (χ0) is 22.7. The van der Waals surface area contributed by atoms with Crippen molar-refractivity contribution in [2.45, 2.75) is 91.9 Å². The van der Waals surface area contributed by atoms with Crippen molar-refractivity contribution < 1.29 is 21.6 Å². The van der Waals surface area contributed by atoms with Crippen molar-refractivity contribution in [2.24, 2.45) is 22.7 Å². The molecule has 31 heavy (non-hydrogen) atoms. The first-order valence-corrected chi connectivity index (χ1v) is 13.2. The molecule has 3 rings (SSSR count). The van der Waals surface area contributed by atoms with Gasteiger partial charge in [0.15, 0.2) is 0 Å². The van der Waals surface area contributed by atoms with Gasteiger partial charge in [-0.15, -0.1) is 0 Å². The minimum Gasteiger partial charge on any atom is -0.472 e. The Labute approximate surface area is 188 Å². The third-order valence-corrected chi connectivity index (χ3v) is 8.63. The van der Waals surface area contributed by atoms with Crippen LogP contribution in [0.1, 0.15) is 91.0 Å². The van der Waals surface area contributed by atoms with Gasteiger partial charge in [0, 0.05) is 0 Å². The quantitative estimate of drug-likeness (QED) is 0.313. The molecule has 2 aliphatic rings. The summed E-state index contributed by atoms with van der Waals surface area (Å²) in [5.74, 6) is 0.717. The maximum atomic E-state index is 11.2. The predicted octanol–water partition coefficient (Wildman–Crippen LogP) is 6.76. The number of hydrogen-bond donors (Lipinski definition) is 1. The molecule has 176 valence electrons. The van der Waals surface area contributed by atoms with E-state index in [1.165, 1.54) is 32.1 Å². The molecule has 1 heterocycles. The summed E-state index contributed by atoms with van der Waals surface area (Å²) < 4.78 is 41.4. The number of rotatable bonds is 10. The van der Waals surface area contributed by atoms with Gasteiger partial charge in [-0.3, -0.25) is 4.55 Å². The lowest BCUT2D eigenvalue weighted by Gasteiger charge is -2.50. The van der Waals surface area contributed by atoms with Gasteiger partial charge >= 0.3 is 10.4 Å². The first-order chi connectivity index (χ1) is 14.5. The summed E-state index contributed by atoms with van der Waals surface area (Å²) in [6.07, 6.45) is 14.3. The third-order valence-electron chi connectivity index (χ3n) is 8.20. The van der Waals surface area contributed by atoms with Gasteiger partial charge in [0.1, 0.15) is 0 Å². The number of furan rings is 1. The topological polar surface area (TPSA) is 76.7 Å². The summed E-state index contributed by atoms with van der Waals surface area (Å²) in [4.78, 5) is 0. The molecule has 0 spiro atoms. The SMILES string of the molecule is C[C@H]1CCC2=C(CCCC2(C)C)[C@]1(C)CC[C@@H](CCCc1ccoc1)COS(=O)(=O)O. The largest absolute Gasteiger partial charge is 0.472 e. The Bertz CT molecular complexity index is 852. The van der Waals surface area contributed by atoms with Crippen LogP contribution in [0.3, 0.4) is 0 Å². The van der Waals surface area contributed by atoms with Crippen LogP contribution in [0, 0.1) is 22.7 Å². The summed E-state index contributed by atoms with van der Waals surface area (Å²) >= 11 is 0. The van der Waals surface area contributed by atoms with Crippen LogP contribution >= 0.6 is 0 Å². The molecular weight excluding hydrogens is 412 g/mol. The van der Waals surface area contributed by atoms with Crippen molar-refractivity contribution >= 4 is 10.4 Å². The summed E-state index contributed by atoms with van der Waals surface area (Å²) in [5.41, 5.74) is 4.97. The van der Waals surface area contributed by atoms with Gasteiger partial charge in [-0.1, -0.05) is 38.8 Å². The minimum absolute atomic E-state index is 0.0477. The number of aryl methyl sites for hydroxylation is 1. The van der Waals surface area contributed by atoms with Crippen LogP contribution in [0.15, 0.2) is 34.2 Å². The van der Waals surface area contributed by atoms with Crippen LogP contribution < -0.4 is 0 Å². The lowest BCUT2D eigenvalue weighted by Crippen LogP contribution is -2.38. The Kier molecular flexibility index (Phi) is 7.75. The van der Waals surface area contributed by atoms with Crippen molar-refractivity contribution in [1.82, 2.24) is 0 Å². The molecule has 6 heteroatoms. The smallest absolute Gasteiger partial charge is 0.397 e. The van der Waals surface area contributed by atoms with E-state index < -0.39 is 10.4 Å². The molecule has 0 saturated carbocycles. The van der Waals surface area contributed by atoms with E-state index in [9.17, 15) is 8.42 Å². The highest BCUT2D eigenvalue weighted by Gasteiger charge is 2.44. The molecule has 0 aliphatic heterocycles. The van der Waals surface area contributed by atoms with E-state index in [2.05, 4.69) is 27.7 Å². The molecule has 0 bridgehead atoms. The molecule has 0 fully saturated rings. The van der Waals surface area contributed by atoms with Gasteiger partial charge in [-0.05, 0) is 98.5 Å². The van der Waals surface area contributed by atoms with Gasteiger partial charge < -0.3 is 4.42 Å². The minimum atomic E-state index is -4.42. The van der Waals surface area contributed by atoms with Gasteiger partial charge in [0.2, 0.25) is 0 Å². The molecule has 0 unspecified atom stereocenters. The standard InChI is InChI=1S/C25H40O5S/c1-19-10-11-22-23(9-6-14-24(22,2)3)25(19,4)15-12-20(18-30-31(26,27)28)7-5-8-21-13-16-29-17-21/h13,16-17,19-20H,5-12,14-15,18H2,1-4H3,(H,26,27,28)/t19-,20+,25+/m0/s1. The van der Waals surface area contributed by atoms with Crippen LogP contribution in [0.5, 0.6) is 0 Å². The van der Waals surface area contributed by atoms with E-state index in [0.29, 0.717) is 11.3 Å². The summed E-state index contributed by atoms with van der Waals surface area (Å²) in [6, 6.07) is 1.97. The second kappa shape index (κ2) is 9.80. The lowest BCUT2D eigenvalue weighted by atomic mass is 9.55. The Morgan fingerprint density at radius 1 is 1.23 bits per heavy atom. The molecule has 1 aromatic heterocycles. The van der Waals surface area contributed by atoms with E-state index in [1.807, 2.05) is 6.07 Å². The van der Waals surface area contributed by atoms with Crippen LogP contribution in [0.4, 0.5) is 0 Å². The van der Waals surface area contributed by atoms with Crippen molar-refractivity contribution in [1.29, 1.82) is 0 Å². The van der Waals surface area contributed by atoms with E-state index in [4.69, 9.17) is 13.2 Å². The molecular formula is C25H40O5S. The van der Waals surface area contributed by atoms with Gasteiger partial charge in [0.05, 0.1) is 19.1 Å². The second-order valence-electron chi connectivity index (χ2n) is 10.7. The van der Waals surface area contributed by atoms with Crippen molar-refractivity contribution in [3.8, 4) is 0 Å². The predicted molar refractivity (Wildman–Crippen MR) is 123 cm³/mol. The fraction of sp³-hybridized carbons (Fsp3) is 0.760. The molecule has 0 radical (unpaired) electrons. The maximum absolute atomic E-state index is 11.2. The highest BCUT2D eigenvalue weighted by molar-refractivity contribution is 7.80. The van der Waals surface area contributed by atoms with E-state index in [-0.39, 0.29) is 17.9 Å². The van der Waals surface area contributed by atoms with Crippen LogP contribution in [-0.4, -0.2) is 19.6 Å². The Morgan fingerprint density at radius 2 is 2.00 bits per heavy atom. The second-order valence-corrected chi connectivity index (χ2v) is 11.8. The first-order valence-electron chi connectivity index (χ1n) is 11.9. The van der Waals surface area contributed by atoms with Gasteiger partial charge in [0.25, 0.3) is 0 Å². The van der Waals surface area contributed by atoms with Crippen LogP contribution in [-0.2, 0) is 21.0 Å². The summed E-state index contributed by atoms with van der Waals surface area (Å²) in [6.45, 7) is 9.66. The lowest BCUT2D eigenvalue weighted by molar-refractivity contribution is 0.141. The van der Waals surface area contributed by atoms with E-state index in [0.717, 1.165) is 37.7 Å². The fourth-order valence-electron chi connectivity index (χ4n) is 5.94. The molecule has 1 N–H and O–H groups in total. The van der Waals surface area contributed by atoms with Crippen molar-refractivity contribution in [3.63, 3.8) is 0 Å².